The minimum Gasteiger partial charge on any atom is -0.455 e. The first-order valence-electron chi connectivity index (χ1n) is 19.2. The average Bonchev–Trinajstić information content (AvgIpc) is 3.94. The normalized spacial score (nSPS) is 11.9. The lowest BCUT2D eigenvalue weighted by Gasteiger charge is -2.09. The lowest BCUT2D eigenvalue weighted by atomic mass is 10.0. The van der Waals surface area contributed by atoms with E-state index in [1.165, 1.54) is 32.9 Å². The number of furan rings is 1. The van der Waals surface area contributed by atoms with Gasteiger partial charge in [0.2, 0.25) is 5.95 Å². The molecule has 5 nitrogen and oxygen atoms in total. The van der Waals surface area contributed by atoms with Crippen LogP contribution in [-0.2, 0) is 0 Å². The van der Waals surface area contributed by atoms with Crippen LogP contribution in [0.25, 0.3) is 111 Å². The van der Waals surface area contributed by atoms with Crippen LogP contribution in [0, 0.1) is 0 Å². The number of benzene rings is 8. The van der Waals surface area contributed by atoms with Gasteiger partial charge in [0.25, 0.3) is 0 Å². The number of rotatable bonds is 5. The first-order valence-corrected chi connectivity index (χ1v) is 19.2. The fraction of sp³-hybridized carbons (Fsp3) is 0. The molecule has 0 saturated heterocycles. The van der Waals surface area contributed by atoms with Crippen molar-refractivity contribution in [2.45, 2.75) is 0 Å². The second-order valence-electron chi connectivity index (χ2n) is 14.6. The zero-order chi connectivity index (χ0) is 37.5. The Hall–Kier alpha value is -7.76. The van der Waals surface area contributed by atoms with E-state index in [1.54, 1.807) is 0 Å². The number of fused-ring (bicyclic) bond motifs is 9. The Labute approximate surface area is 327 Å². The topological polar surface area (TPSA) is 48.8 Å². The molecular weight excluding hydrogens is 697 g/mol. The van der Waals surface area contributed by atoms with Crippen molar-refractivity contribution in [3.63, 3.8) is 0 Å². The van der Waals surface area contributed by atoms with E-state index in [2.05, 4.69) is 185 Å². The number of hydrogen-bond donors (Lipinski definition) is 0. The van der Waals surface area contributed by atoms with Crippen molar-refractivity contribution in [1.29, 1.82) is 0 Å². The van der Waals surface area contributed by atoms with E-state index < -0.39 is 0 Å². The van der Waals surface area contributed by atoms with Gasteiger partial charge in [0, 0.05) is 49.8 Å². The molecule has 0 fully saturated rings. The van der Waals surface area contributed by atoms with Gasteiger partial charge in [0.15, 0.2) is 0 Å². The molecule has 0 atom stereocenters. The molecule has 57 heavy (non-hydrogen) atoms. The van der Waals surface area contributed by atoms with Gasteiger partial charge in [-0.3, -0.25) is 4.57 Å². The highest BCUT2D eigenvalue weighted by Gasteiger charge is 2.19. The molecule has 0 N–H and O–H groups in total. The zero-order valence-corrected chi connectivity index (χ0v) is 30.7. The first-order chi connectivity index (χ1) is 28.3. The molecule has 8 aromatic carbocycles. The average molecular weight is 729 g/mol. The van der Waals surface area contributed by atoms with E-state index in [0.29, 0.717) is 5.95 Å². The monoisotopic (exact) mass is 728 g/mol. The van der Waals surface area contributed by atoms with E-state index in [0.717, 1.165) is 71.8 Å². The Kier molecular flexibility index (Phi) is 6.86. The predicted molar refractivity (Wildman–Crippen MR) is 234 cm³/mol. The van der Waals surface area contributed by atoms with E-state index in [9.17, 15) is 0 Å². The third-order valence-electron chi connectivity index (χ3n) is 11.4. The summed E-state index contributed by atoms with van der Waals surface area (Å²) in [7, 11) is 0. The number of nitrogens with zero attached hydrogens (tertiary/aromatic N) is 4. The Morgan fingerprint density at radius 3 is 1.68 bits per heavy atom. The van der Waals surface area contributed by atoms with Crippen LogP contribution in [0.3, 0.4) is 0 Å². The number of aromatic nitrogens is 4. The molecule has 0 radical (unpaired) electrons. The van der Waals surface area contributed by atoms with E-state index in [-0.39, 0.29) is 0 Å². The van der Waals surface area contributed by atoms with Crippen LogP contribution in [0.2, 0.25) is 0 Å². The molecule has 0 saturated carbocycles. The number of para-hydroxylation sites is 4. The van der Waals surface area contributed by atoms with Gasteiger partial charge in [-0.05, 0) is 95.1 Å². The Balaban J connectivity index is 0.983. The maximum absolute atomic E-state index is 6.56. The Morgan fingerprint density at radius 1 is 0.386 bits per heavy atom. The summed E-state index contributed by atoms with van der Waals surface area (Å²) < 4.78 is 11.1. The van der Waals surface area contributed by atoms with Crippen molar-refractivity contribution in [2.75, 3.05) is 0 Å². The molecule has 4 aromatic heterocycles. The van der Waals surface area contributed by atoms with Crippen LogP contribution < -0.4 is 0 Å². The second-order valence-corrected chi connectivity index (χ2v) is 14.6. The minimum atomic E-state index is 0.612. The lowest BCUT2D eigenvalue weighted by Crippen LogP contribution is -2.01. The second kappa shape index (κ2) is 12.4. The third kappa shape index (κ3) is 4.89. The summed E-state index contributed by atoms with van der Waals surface area (Å²) >= 11 is 0. The van der Waals surface area contributed by atoms with Crippen molar-refractivity contribution in [1.82, 2.24) is 19.1 Å². The van der Waals surface area contributed by atoms with Crippen molar-refractivity contribution in [3.05, 3.63) is 194 Å². The summed E-state index contributed by atoms with van der Waals surface area (Å²) in [5.74, 6) is 0.612. The van der Waals surface area contributed by atoms with Gasteiger partial charge in [0.05, 0.1) is 27.8 Å². The molecule has 4 heterocycles. The Bertz CT molecular complexity index is 3520. The maximum atomic E-state index is 6.56. The lowest BCUT2D eigenvalue weighted by molar-refractivity contribution is 0.670. The van der Waals surface area contributed by atoms with Crippen molar-refractivity contribution in [3.8, 4) is 45.1 Å². The predicted octanol–water partition coefficient (Wildman–Crippen LogP) is 13.6. The molecule has 0 bridgehead atoms. The summed E-state index contributed by atoms with van der Waals surface area (Å²) in [5.41, 5.74) is 13.7. The van der Waals surface area contributed by atoms with Crippen LogP contribution in [0.5, 0.6) is 0 Å². The molecule has 0 spiro atoms. The molecule has 0 aliphatic heterocycles. The summed E-state index contributed by atoms with van der Waals surface area (Å²) in [6, 6.07) is 66.5. The van der Waals surface area contributed by atoms with Crippen LogP contribution in [0.1, 0.15) is 0 Å². The summed E-state index contributed by atoms with van der Waals surface area (Å²) in [6.45, 7) is 0. The largest absolute Gasteiger partial charge is 0.455 e. The number of hydrogen-bond acceptors (Lipinski definition) is 3. The molecular formula is C52H32N4O. The van der Waals surface area contributed by atoms with Gasteiger partial charge in [-0.25, -0.2) is 9.97 Å². The van der Waals surface area contributed by atoms with Crippen LogP contribution in [0.15, 0.2) is 199 Å². The van der Waals surface area contributed by atoms with Gasteiger partial charge in [0.1, 0.15) is 11.2 Å². The standard InChI is InChI=1S/C52H32N4O/c1-3-12-33(13-4-1)34-24-27-50-44(32-34)40-18-11-19-41(51(40)57-50)45-28-29-53-52(54-45)56-47-21-10-8-17-39(47)43-31-36(23-26-49(43)56)35-22-25-48-42(30-35)38-16-7-9-20-46(38)55(48)37-14-5-2-6-15-37/h1-32H. The fourth-order valence-electron chi connectivity index (χ4n) is 8.79. The minimum absolute atomic E-state index is 0.612. The summed E-state index contributed by atoms with van der Waals surface area (Å²) in [5, 5.41) is 6.92. The maximum Gasteiger partial charge on any atom is 0.235 e. The molecule has 0 aliphatic rings. The summed E-state index contributed by atoms with van der Waals surface area (Å²) in [4.78, 5) is 10.1. The van der Waals surface area contributed by atoms with Gasteiger partial charge in [-0.2, -0.15) is 0 Å². The highest BCUT2D eigenvalue weighted by molar-refractivity contribution is 6.13. The van der Waals surface area contributed by atoms with E-state index >= 15 is 0 Å². The van der Waals surface area contributed by atoms with Crippen LogP contribution >= 0.6 is 0 Å². The molecule has 0 unspecified atom stereocenters. The van der Waals surface area contributed by atoms with Crippen molar-refractivity contribution in [2.24, 2.45) is 0 Å². The molecule has 0 amide bonds. The van der Waals surface area contributed by atoms with Crippen molar-refractivity contribution < 1.29 is 4.42 Å². The van der Waals surface area contributed by atoms with Gasteiger partial charge in [-0.1, -0.05) is 115 Å². The molecule has 5 heteroatoms. The molecule has 266 valence electrons. The van der Waals surface area contributed by atoms with Crippen LogP contribution in [0.4, 0.5) is 0 Å². The molecule has 0 aliphatic carbocycles. The molecule has 12 aromatic rings. The zero-order valence-electron chi connectivity index (χ0n) is 30.7. The van der Waals surface area contributed by atoms with Crippen molar-refractivity contribution >= 4 is 65.6 Å². The van der Waals surface area contributed by atoms with Crippen LogP contribution in [-0.4, -0.2) is 19.1 Å². The summed E-state index contributed by atoms with van der Waals surface area (Å²) in [6.07, 6.45) is 1.85. The third-order valence-corrected chi connectivity index (χ3v) is 11.4. The molecule has 12 rings (SSSR count). The Morgan fingerprint density at radius 2 is 0.947 bits per heavy atom. The quantitative estimate of drug-likeness (QED) is 0.177. The highest BCUT2D eigenvalue weighted by atomic mass is 16.3. The van der Waals surface area contributed by atoms with Gasteiger partial charge >= 0.3 is 0 Å². The van der Waals surface area contributed by atoms with Gasteiger partial charge < -0.3 is 8.98 Å². The van der Waals surface area contributed by atoms with Gasteiger partial charge in [-0.15, -0.1) is 0 Å². The highest BCUT2D eigenvalue weighted by Crippen LogP contribution is 2.40. The van der Waals surface area contributed by atoms with E-state index in [1.807, 2.05) is 18.3 Å². The first kappa shape index (κ1) is 31.6. The van der Waals surface area contributed by atoms with E-state index in [4.69, 9.17) is 14.4 Å². The fourth-order valence-corrected chi connectivity index (χ4v) is 8.79. The SMILES string of the molecule is c1ccc(-c2ccc3oc4c(-c5ccnc(-n6c7ccccc7c7cc(-c8ccc9c(c8)c8ccccc8n9-c8ccccc8)ccc76)n5)cccc4c3c2)cc1. The smallest absolute Gasteiger partial charge is 0.235 e.